The molecule has 2 aliphatic heterocycles. The molecule has 1 N–H and O–H groups in total. The second-order valence-corrected chi connectivity index (χ2v) is 9.79. The lowest BCUT2D eigenvalue weighted by molar-refractivity contribution is 0.0956. The number of hydrogen-bond donors (Lipinski definition) is 1. The third-order valence-electron chi connectivity index (χ3n) is 6.51. The van der Waals surface area contributed by atoms with E-state index in [1.807, 2.05) is 0 Å². The van der Waals surface area contributed by atoms with Gasteiger partial charge in [-0.1, -0.05) is 5.16 Å². The molecule has 168 valence electrons. The molecule has 1 amide bonds. The molecule has 4 heterocycles. The number of nitrogens with zero attached hydrogens (tertiary/aromatic N) is 2. The lowest BCUT2D eigenvalue weighted by Gasteiger charge is -2.31. The predicted molar refractivity (Wildman–Crippen MR) is 121 cm³/mol. The summed E-state index contributed by atoms with van der Waals surface area (Å²) in [5.41, 5.74) is 2.11. The number of amides is 1. The van der Waals surface area contributed by atoms with Crippen molar-refractivity contribution in [3.63, 3.8) is 0 Å². The molecule has 0 saturated carbocycles. The topological polar surface area (TPSA) is 75.4 Å². The van der Waals surface area contributed by atoms with Crippen molar-refractivity contribution in [1.29, 1.82) is 0 Å². The summed E-state index contributed by atoms with van der Waals surface area (Å²) < 4.78 is 18.7. The molecule has 0 radical (unpaired) electrons. The highest BCUT2D eigenvalue weighted by Gasteiger charge is 2.25. The SMILES string of the molecule is O=C(CCCN1CCC(c2noc3cc(F)ccc23)CC1)c1cc2c(s1)CCCNC2=O. The molecule has 1 fully saturated rings. The molecule has 0 atom stereocenters. The monoisotopic (exact) mass is 455 g/mol. The van der Waals surface area contributed by atoms with Gasteiger partial charge in [0.15, 0.2) is 11.4 Å². The van der Waals surface area contributed by atoms with Gasteiger partial charge in [0.25, 0.3) is 5.91 Å². The lowest BCUT2D eigenvalue weighted by atomic mass is 9.91. The first-order valence-electron chi connectivity index (χ1n) is 11.3. The molecule has 5 rings (SSSR count). The molecule has 0 bridgehead atoms. The number of thiophene rings is 1. The Hall–Kier alpha value is -2.58. The van der Waals surface area contributed by atoms with E-state index < -0.39 is 0 Å². The second-order valence-electron chi connectivity index (χ2n) is 8.66. The van der Waals surface area contributed by atoms with E-state index in [0.717, 1.165) is 67.7 Å². The van der Waals surface area contributed by atoms with Crippen molar-refractivity contribution in [1.82, 2.24) is 15.4 Å². The maximum Gasteiger partial charge on any atom is 0.252 e. The summed E-state index contributed by atoms with van der Waals surface area (Å²) in [5.74, 6) is 0.0751. The van der Waals surface area contributed by atoms with Crippen LogP contribution in [0, 0.1) is 5.82 Å². The van der Waals surface area contributed by atoms with E-state index in [-0.39, 0.29) is 17.5 Å². The highest BCUT2D eigenvalue weighted by molar-refractivity contribution is 7.14. The van der Waals surface area contributed by atoms with Gasteiger partial charge in [0, 0.05) is 35.2 Å². The van der Waals surface area contributed by atoms with Crippen molar-refractivity contribution in [2.24, 2.45) is 0 Å². The van der Waals surface area contributed by atoms with Gasteiger partial charge < -0.3 is 14.7 Å². The average Bonchev–Trinajstić information content (AvgIpc) is 3.37. The standard InChI is InChI=1S/C24H26FN3O3S/c25-16-5-6-17-20(13-16)31-27-23(17)15-7-11-28(12-8-15)10-2-3-19(29)22-14-18-21(32-22)4-1-9-26-24(18)30/h5-6,13-15H,1-4,7-12H2,(H,26,30). The lowest BCUT2D eigenvalue weighted by Crippen LogP contribution is -2.34. The number of benzene rings is 1. The number of aromatic nitrogens is 1. The molecule has 0 unspecified atom stereocenters. The van der Waals surface area contributed by atoms with Crippen LogP contribution in [0.3, 0.4) is 0 Å². The van der Waals surface area contributed by atoms with Gasteiger partial charge in [-0.15, -0.1) is 11.3 Å². The number of piperidine rings is 1. The molecule has 3 aromatic rings. The number of Topliss-reactive ketones (excluding diaryl/α,β-unsaturated/α-hetero) is 1. The quantitative estimate of drug-likeness (QED) is 0.552. The van der Waals surface area contributed by atoms with Crippen molar-refractivity contribution in [2.45, 2.75) is 44.4 Å². The third kappa shape index (κ3) is 4.34. The molecule has 1 saturated heterocycles. The molecule has 8 heteroatoms. The minimum Gasteiger partial charge on any atom is -0.356 e. The maximum absolute atomic E-state index is 13.4. The van der Waals surface area contributed by atoms with Crippen LogP contribution in [0.4, 0.5) is 4.39 Å². The Bertz CT molecular complexity index is 1150. The van der Waals surface area contributed by atoms with Crippen LogP contribution in [-0.2, 0) is 6.42 Å². The van der Waals surface area contributed by atoms with Gasteiger partial charge in [-0.25, -0.2) is 4.39 Å². The van der Waals surface area contributed by atoms with E-state index in [9.17, 15) is 14.0 Å². The van der Waals surface area contributed by atoms with Crippen LogP contribution >= 0.6 is 11.3 Å². The van der Waals surface area contributed by atoms with E-state index in [4.69, 9.17) is 4.52 Å². The van der Waals surface area contributed by atoms with E-state index >= 15 is 0 Å². The number of nitrogens with one attached hydrogen (secondary N) is 1. The van der Waals surface area contributed by atoms with Gasteiger partial charge in [-0.3, -0.25) is 9.59 Å². The van der Waals surface area contributed by atoms with Crippen LogP contribution in [0.25, 0.3) is 11.0 Å². The first-order chi connectivity index (χ1) is 15.6. The number of halogens is 1. The fraction of sp³-hybridized carbons (Fsp3) is 0.458. The summed E-state index contributed by atoms with van der Waals surface area (Å²) in [6.07, 6.45) is 5.03. The molecule has 32 heavy (non-hydrogen) atoms. The zero-order chi connectivity index (χ0) is 22.1. The predicted octanol–water partition coefficient (Wildman–Crippen LogP) is 4.55. The number of fused-ring (bicyclic) bond motifs is 2. The largest absolute Gasteiger partial charge is 0.356 e. The minimum absolute atomic E-state index is 0.0549. The smallest absolute Gasteiger partial charge is 0.252 e. The van der Waals surface area contributed by atoms with Crippen LogP contribution in [0.5, 0.6) is 0 Å². The summed E-state index contributed by atoms with van der Waals surface area (Å²) in [5, 5.41) is 8.00. The summed E-state index contributed by atoms with van der Waals surface area (Å²) in [6.45, 7) is 3.48. The van der Waals surface area contributed by atoms with Gasteiger partial charge in [0.2, 0.25) is 0 Å². The first kappa shape index (κ1) is 21.3. The fourth-order valence-electron chi connectivity index (χ4n) is 4.73. The van der Waals surface area contributed by atoms with E-state index in [2.05, 4.69) is 15.4 Å². The van der Waals surface area contributed by atoms with Gasteiger partial charge in [0.05, 0.1) is 16.1 Å². The van der Waals surface area contributed by atoms with Crippen LogP contribution < -0.4 is 5.32 Å². The zero-order valence-corrected chi connectivity index (χ0v) is 18.7. The highest BCUT2D eigenvalue weighted by Crippen LogP contribution is 2.33. The summed E-state index contributed by atoms with van der Waals surface area (Å²) in [4.78, 5) is 28.9. The summed E-state index contributed by atoms with van der Waals surface area (Å²) in [7, 11) is 0. The molecular formula is C24H26FN3O3S. The van der Waals surface area contributed by atoms with Crippen molar-refractivity contribution in [2.75, 3.05) is 26.2 Å². The van der Waals surface area contributed by atoms with E-state index in [1.54, 1.807) is 12.1 Å². The summed E-state index contributed by atoms with van der Waals surface area (Å²) >= 11 is 1.48. The van der Waals surface area contributed by atoms with Gasteiger partial charge >= 0.3 is 0 Å². The van der Waals surface area contributed by atoms with Crippen LogP contribution in [-0.4, -0.2) is 47.9 Å². The average molecular weight is 456 g/mol. The molecule has 0 spiro atoms. The van der Waals surface area contributed by atoms with E-state index in [0.29, 0.717) is 34.9 Å². The highest BCUT2D eigenvalue weighted by atomic mass is 32.1. The number of likely N-dealkylation sites (tertiary alicyclic amines) is 1. The van der Waals surface area contributed by atoms with Crippen molar-refractivity contribution >= 4 is 34.0 Å². The van der Waals surface area contributed by atoms with Crippen LogP contribution in [0.1, 0.15) is 68.6 Å². The molecule has 2 aliphatic rings. The molecule has 2 aromatic heterocycles. The maximum atomic E-state index is 13.4. The van der Waals surface area contributed by atoms with Gasteiger partial charge in [-0.05, 0) is 69.9 Å². The Morgan fingerprint density at radius 2 is 2.12 bits per heavy atom. The number of carbonyl (C=O) groups excluding carboxylic acids is 2. The number of hydrogen-bond acceptors (Lipinski definition) is 6. The molecule has 0 aliphatic carbocycles. The normalized spacial score (nSPS) is 17.8. The fourth-order valence-corrected chi connectivity index (χ4v) is 5.90. The molecular weight excluding hydrogens is 429 g/mol. The van der Waals surface area contributed by atoms with Crippen LogP contribution in [0.2, 0.25) is 0 Å². The number of ketones is 1. The Labute approximate surface area is 189 Å². The zero-order valence-electron chi connectivity index (χ0n) is 17.9. The van der Waals surface area contributed by atoms with Gasteiger partial charge in [-0.2, -0.15) is 0 Å². The summed E-state index contributed by atoms with van der Waals surface area (Å²) in [6, 6.07) is 6.37. The Morgan fingerprint density at radius 3 is 2.97 bits per heavy atom. The Morgan fingerprint density at radius 1 is 1.28 bits per heavy atom. The second kappa shape index (κ2) is 9.11. The Kier molecular flexibility index (Phi) is 6.06. The van der Waals surface area contributed by atoms with Crippen molar-refractivity contribution in [3.8, 4) is 0 Å². The van der Waals surface area contributed by atoms with Crippen molar-refractivity contribution < 1.29 is 18.5 Å². The number of carbonyl (C=O) groups is 2. The third-order valence-corrected chi connectivity index (χ3v) is 7.74. The van der Waals surface area contributed by atoms with E-state index in [1.165, 1.54) is 23.5 Å². The van der Waals surface area contributed by atoms with Gasteiger partial charge in [0.1, 0.15) is 5.82 Å². The van der Waals surface area contributed by atoms with Crippen molar-refractivity contribution in [3.05, 3.63) is 51.1 Å². The minimum atomic E-state index is -0.314. The molecule has 1 aromatic carbocycles. The number of aryl methyl sites for hydroxylation is 1. The molecule has 6 nitrogen and oxygen atoms in total. The van der Waals surface area contributed by atoms with Crippen LogP contribution in [0.15, 0.2) is 28.8 Å². The number of rotatable bonds is 6. The Balaban J connectivity index is 1.11. The first-order valence-corrected chi connectivity index (χ1v) is 12.1.